The van der Waals surface area contributed by atoms with Gasteiger partial charge in [-0.2, -0.15) is 4.98 Å². The molecule has 1 atom stereocenters. The molecule has 8 heteroatoms. The van der Waals surface area contributed by atoms with Gasteiger partial charge in [-0.05, 0) is 19.8 Å². The standard InChI is InChI=1S/C12H17N5O3/c1-2-20-12-14-11(15-16-12)13-10(19)7-5-9(18)17(6-7)8-3-4-8/h7-8H,2-6H2,1H3,(H2,13,14,15,16,19). The third-order valence-corrected chi connectivity index (χ3v) is 3.50. The monoisotopic (exact) mass is 279 g/mol. The van der Waals surface area contributed by atoms with Gasteiger partial charge in [-0.25, -0.2) is 5.10 Å². The molecular weight excluding hydrogens is 262 g/mol. The number of nitrogens with one attached hydrogen (secondary N) is 2. The average molecular weight is 279 g/mol. The molecule has 2 N–H and O–H groups in total. The van der Waals surface area contributed by atoms with Gasteiger partial charge < -0.3 is 9.64 Å². The van der Waals surface area contributed by atoms with Crippen molar-refractivity contribution < 1.29 is 14.3 Å². The molecule has 1 aliphatic carbocycles. The van der Waals surface area contributed by atoms with Crippen molar-refractivity contribution in [3.8, 4) is 6.01 Å². The summed E-state index contributed by atoms with van der Waals surface area (Å²) in [4.78, 5) is 29.7. The Hall–Kier alpha value is -2.12. The number of hydrogen-bond acceptors (Lipinski definition) is 5. The Kier molecular flexibility index (Phi) is 3.29. The van der Waals surface area contributed by atoms with E-state index in [1.807, 2.05) is 11.8 Å². The molecule has 2 amide bonds. The van der Waals surface area contributed by atoms with Crippen molar-refractivity contribution in [2.75, 3.05) is 18.5 Å². The van der Waals surface area contributed by atoms with Crippen LogP contribution in [0.4, 0.5) is 5.95 Å². The minimum absolute atomic E-state index is 0.0697. The number of carbonyl (C=O) groups excluding carboxylic acids is 2. The zero-order valence-corrected chi connectivity index (χ0v) is 11.3. The van der Waals surface area contributed by atoms with Gasteiger partial charge in [0.1, 0.15) is 0 Å². The Morgan fingerprint density at radius 2 is 2.35 bits per heavy atom. The fourth-order valence-electron chi connectivity index (χ4n) is 2.36. The van der Waals surface area contributed by atoms with E-state index in [2.05, 4.69) is 20.5 Å². The first-order valence-corrected chi connectivity index (χ1v) is 6.83. The minimum Gasteiger partial charge on any atom is -0.463 e. The molecule has 1 saturated carbocycles. The average Bonchev–Trinajstić information content (AvgIpc) is 3.05. The van der Waals surface area contributed by atoms with E-state index < -0.39 is 0 Å². The molecule has 1 aliphatic heterocycles. The predicted molar refractivity (Wildman–Crippen MR) is 69.0 cm³/mol. The van der Waals surface area contributed by atoms with Crippen molar-refractivity contribution in [1.29, 1.82) is 0 Å². The summed E-state index contributed by atoms with van der Waals surface area (Å²) < 4.78 is 5.10. The number of hydrogen-bond donors (Lipinski definition) is 2. The number of rotatable bonds is 5. The fraction of sp³-hybridized carbons (Fsp3) is 0.667. The molecule has 0 radical (unpaired) electrons. The molecule has 0 bridgehead atoms. The van der Waals surface area contributed by atoms with Crippen LogP contribution < -0.4 is 10.1 Å². The molecular formula is C12H17N5O3. The van der Waals surface area contributed by atoms with Gasteiger partial charge in [0.15, 0.2) is 0 Å². The Bertz CT molecular complexity index is 525. The van der Waals surface area contributed by atoms with Crippen LogP contribution in [0.3, 0.4) is 0 Å². The largest absolute Gasteiger partial charge is 0.463 e. The van der Waals surface area contributed by atoms with Crippen LogP contribution >= 0.6 is 0 Å². The number of carbonyl (C=O) groups is 2. The van der Waals surface area contributed by atoms with Gasteiger partial charge >= 0.3 is 6.01 Å². The van der Waals surface area contributed by atoms with Gasteiger partial charge in [0.25, 0.3) is 0 Å². The van der Waals surface area contributed by atoms with E-state index in [1.165, 1.54) is 0 Å². The van der Waals surface area contributed by atoms with Crippen LogP contribution in [0, 0.1) is 5.92 Å². The second-order valence-electron chi connectivity index (χ2n) is 5.07. The summed E-state index contributed by atoms with van der Waals surface area (Å²) in [5.74, 6) is -0.208. The lowest BCUT2D eigenvalue weighted by Crippen LogP contribution is -2.30. The van der Waals surface area contributed by atoms with E-state index in [0.29, 0.717) is 19.2 Å². The number of aromatic nitrogens is 3. The maximum atomic E-state index is 12.1. The van der Waals surface area contributed by atoms with Crippen molar-refractivity contribution in [3.05, 3.63) is 0 Å². The highest BCUT2D eigenvalue weighted by atomic mass is 16.5. The Morgan fingerprint density at radius 1 is 1.55 bits per heavy atom. The van der Waals surface area contributed by atoms with Crippen LogP contribution in [0.25, 0.3) is 0 Å². The maximum absolute atomic E-state index is 12.1. The number of aromatic amines is 1. The molecule has 1 unspecified atom stereocenters. The first-order chi connectivity index (χ1) is 9.67. The van der Waals surface area contributed by atoms with Crippen molar-refractivity contribution >= 4 is 17.8 Å². The minimum atomic E-state index is -0.316. The van der Waals surface area contributed by atoms with Crippen molar-refractivity contribution in [2.45, 2.75) is 32.2 Å². The number of likely N-dealkylation sites (tertiary alicyclic amines) is 1. The highest BCUT2D eigenvalue weighted by molar-refractivity contribution is 5.96. The molecule has 1 saturated heterocycles. The van der Waals surface area contributed by atoms with E-state index in [4.69, 9.17) is 4.74 Å². The quantitative estimate of drug-likeness (QED) is 0.799. The lowest BCUT2D eigenvalue weighted by molar-refractivity contribution is -0.128. The summed E-state index contributed by atoms with van der Waals surface area (Å²) in [6.07, 6.45) is 2.38. The van der Waals surface area contributed by atoms with Gasteiger partial charge in [-0.3, -0.25) is 14.9 Å². The molecule has 1 aromatic heterocycles. The molecule has 0 spiro atoms. The first-order valence-electron chi connectivity index (χ1n) is 6.83. The second kappa shape index (κ2) is 5.10. The van der Waals surface area contributed by atoms with Gasteiger partial charge in [-0.1, -0.05) is 0 Å². The highest BCUT2D eigenvalue weighted by Crippen LogP contribution is 2.32. The smallest absolute Gasteiger partial charge is 0.337 e. The van der Waals surface area contributed by atoms with Crippen molar-refractivity contribution in [2.24, 2.45) is 5.92 Å². The molecule has 2 fully saturated rings. The molecule has 2 aliphatic rings. The van der Waals surface area contributed by atoms with E-state index in [1.54, 1.807) is 0 Å². The summed E-state index contributed by atoms with van der Waals surface area (Å²) >= 11 is 0. The van der Waals surface area contributed by atoms with Crippen LogP contribution in [-0.2, 0) is 9.59 Å². The molecule has 1 aromatic rings. The van der Waals surface area contributed by atoms with Gasteiger partial charge in [0, 0.05) is 19.0 Å². The van der Waals surface area contributed by atoms with Gasteiger partial charge in [0.2, 0.25) is 17.8 Å². The van der Waals surface area contributed by atoms with E-state index in [0.717, 1.165) is 12.8 Å². The third-order valence-electron chi connectivity index (χ3n) is 3.50. The van der Waals surface area contributed by atoms with Gasteiger partial charge in [0.05, 0.1) is 12.5 Å². The summed E-state index contributed by atoms with van der Waals surface area (Å²) in [7, 11) is 0. The normalized spacial score (nSPS) is 22.1. The molecule has 3 rings (SSSR count). The second-order valence-corrected chi connectivity index (χ2v) is 5.07. The van der Waals surface area contributed by atoms with Crippen LogP contribution in [-0.4, -0.2) is 51.1 Å². The van der Waals surface area contributed by atoms with E-state index in [9.17, 15) is 9.59 Å². The third kappa shape index (κ3) is 2.59. The number of anilines is 1. The number of nitrogens with zero attached hydrogens (tertiary/aromatic N) is 3. The van der Waals surface area contributed by atoms with E-state index in [-0.39, 0.29) is 36.1 Å². The number of ether oxygens (including phenoxy) is 1. The lowest BCUT2D eigenvalue weighted by atomic mass is 10.1. The molecule has 2 heterocycles. The summed E-state index contributed by atoms with van der Waals surface area (Å²) in [6.45, 7) is 2.78. The van der Waals surface area contributed by atoms with Crippen LogP contribution in [0.2, 0.25) is 0 Å². The molecule has 108 valence electrons. The Labute approximate surface area is 115 Å². The Morgan fingerprint density at radius 3 is 3.05 bits per heavy atom. The van der Waals surface area contributed by atoms with Crippen molar-refractivity contribution in [1.82, 2.24) is 20.1 Å². The topological polar surface area (TPSA) is 100 Å². The maximum Gasteiger partial charge on any atom is 0.337 e. The van der Waals surface area contributed by atoms with Crippen LogP contribution in [0.5, 0.6) is 6.01 Å². The predicted octanol–water partition coefficient (Wildman–Crippen LogP) is 0.153. The SMILES string of the molecule is CCOc1n[nH]c(NC(=O)C2CC(=O)N(C3CC3)C2)n1. The van der Waals surface area contributed by atoms with Crippen molar-refractivity contribution in [3.63, 3.8) is 0 Å². The van der Waals surface area contributed by atoms with Crippen LogP contribution in [0.1, 0.15) is 26.2 Å². The highest BCUT2D eigenvalue weighted by Gasteiger charge is 2.41. The summed E-state index contributed by atoms with van der Waals surface area (Å²) in [5.41, 5.74) is 0. The molecule has 20 heavy (non-hydrogen) atoms. The summed E-state index contributed by atoms with van der Waals surface area (Å²) in [5, 5.41) is 9.03. The van der Waals surface area contributed by atoms with Crippen LogP contribution in [0.15, 0.2) is 0 Å². The molecule has 8 nitrogen and oxygen atoms in total. The Balaban J connectivity index is 1.57. The first kappa shape index (κ1) is 12.9. The zero-order valence-electron chi connectivity index (χ0n) is 11.3. The fourth-order valence-corrected chi connectivity index (χ4v) is 2.36. The zero-order chi connectivity index (χ0) is 14.1. The van der Waals surface area contributed by atoms with E-state index >= 15 is 0 Å². The summed E-state index contributed by atoms with van der Waals surface area (Å²) in [6, 6.07) is 0.556. The molecule has 0 aromatic carbocycles. The number of H-pyrrole nitrogens is 1. The lowest BCUT2D eigenvalue weighted by Gasteiger charge is -2.14. The number of amides is 2. The van der Waals surface area contributed by atoms with Gasteiger partial charge in [-0.15, -0.1) is 5.10 Å².